The third-order valence-electron chi connectivity index (χ3n) is 6.62. The number of benzene rings is 1. The van der Waals surface area contributed by atoms with Crippen LogP contribution in [0.3, 0.4) is 0 Å². The Morgan fingerprint density at radius 2 is 1.89 bits per heavy atom. The molecule has 2 aliphatic heterocycles. The second-order valence-electron chi connectivity index (χ2n) is 10.6. The van der Waals surface area contributed by atoms with Gasteiger partial charge in [-0.25, -0.2) is 4.79 Å². The fourth-order valence-electron chi connectivity index (χ4n) is 4.97. The van der Waals surface area contributed by atoms with Crippen molar-refractivity contribution in [2.75, 3.05) is 26.2 Å². The molecule has 2 atom stereocenters. The van der Waals surface area contributed by atoms with Crippen LogP contribution < -0.4 is 5.32 Å². The van der Waals surface area contributed by atoms with Crippen molar-refractivity contribution < 1.29 is 14.3 Å². The minimum Gasteiger partial charge on any atom is -0.444 e. The number of fused-ring (bicyclic) bond motifs is 1. The van der Waals surface area contributed by atoms with Gasteiger partial charge in [0.2, 0.25) is 0 Å². The molecule has 1 fully saturated rings. The Hall–Kier alpha value is -3.19. The minimum atomic E-state index is -0.553. The molecule has 7 heteroatoms. The van der Waals surface area contributed by atoms with E-state index < -0.39 is 11.7 Å². The van der Waals surface area contributed by atoms with Crippen LogP contribution in [0, 0.1) is 19.8 Å². The molecular formula is C28H36N4O3. The lowest BCUT2D eigenvalue weighted by Gasteiger charge is -2.26. The maximum Gasteiger partial charge on any atom is 0.408 e. The summed E-state index contributed by atoms with van der Waals surface area (Å²) in [5, 5.41) is 3.02. The van der Waals surface area contributed by atoms with Crippen LogP contribution in [0.2, 0.25) is 0 Å². The Balaban J connectivity index is 1.37. The van der Waals surface area contributed by atoms with E-state index in [9.17, 15) is 9.59 Å². The highest BCUT2D eigenvalue weighted by Crippen LogP contribution is 2.32. The average molecular weight is 477 g/mol. The molecule has 0 spiro atoms. The van der Waals surface area contributed by atoms with Gasteiger partial charge >= 0.3 is 6.09 Å². The number of alkyl carbamates (subject to hydrolysis) is 1. The lowest BCUT2D eigenvalue weighted by Crippen LogP contribution is -2.37. The first kappa shape index (κ1) is 24.9. The molecule has 2 aromatic rings. The minimum absolute atomic E-state index is 0.0900. The predicted octanol–water partition coefficient (Wildman–Crippen LogP) is 4.63. The maximum absolute atomic E-state index is 13.2. The van der Waals surface area contributed by atoms with Crippen LogP contribution in [0.4, 0.5) is 4.79 Å². The summed E-state index contributed by atoms with van der Waals surface area (Å²) < 4.78 is 5.48. The van der Waals surface area contributed by atoms with Crippen LogP contribution in [0.5, 0.6) is 0 Å². The van der Waals surface area contributed by atoms with Crippen LogP contribution >= 0.6 is 0 Å². The summed E-state index contributed by atoms with van der Waals surface area (Å²) >= 11 is 0. The van der Waals surface area contributed by atoms with E-state index in [2.05, 4.69) is 21.4 Å². The first-order valence-electron chi connectivity index (χ1n) is 12.3. The molecule has 2 amide bonds. The van der Waals surface area contributed by atoms with Crippen LogP contribution in [-0.2, 0) is 4.74 Å². The lowest BCUT2D eigenvalue weighted by atomic mass is 10.0. The van der Waals surface area contributed by atoms with Gasteiger partial charge in [0.05, 0.1) is 6.04 Å². The summed E-state index contributed by atoms with van der Waals surface area (Å²) in [5.74, 6) is 0.450. The molecule has 1 unspecified atom stereocenters. The highest BCUT2D eigenvalue weighted by atomic mass is 16.6. The fraction of sp³-hybridized carbons (Fsp3) is 0.464. The molecule has 1 aromatic heterocycles. The van der Waals surface area contributed by atoms with E-state index in [0.29, 0.717) is 5.92 Å². The monoisotopic (exact) mass is 476 g/mol. The van der Waals surface area contributed by atoms with Crippen LogP contribution in [-0.4, -0.2) is 58.6 Å². The first-order valence-corrected chi connectivity index (χ1v) is 12.3. The fourth-order valence-corrected chi connectivity index (χ4v) is 4.97. The smallest absolute Gasteiger partial charge is 0.408 e. The number of rotatable bonds is 6. The summed E-state index contributed by atoms with van der Waals surface area (Å²) in [5.41, 5.74) is 4.57. The second-order valence-corrected chi connectivity index (χ2v) is 10.6. The van der Waals surface area contributed by atoms with E-state index in [1.54, 1.807) is 12.4 Å². The van der Waals surface area contributed by atoms with E-state index in [1.165, 1.54) is 5.57 Å². The molecule has 35 heavy (non-hydrogen) atoms. The molecule has 0 saturated carbocycles. The molecular weight excluding hydrogens is 440 g/mol. The number of nitrogens with zero attached hydrogens (tertiary/aromatic N) is 3. The van der Waals surface area contributed by atoms with Crippen molar-refractivity contribution in [1.29, 1.82) is 0 Å². The molecule has 0 bridgehead atoms. The molecule has 186 valence electrons. The first-order chi connectivity index (χ1) is 16.6. The van der Waals surface area contributed by atoms with Crippen molar-refractivity contribution in [3.63, 3.8) is 0 Å². The Kier molecular flexibility index (Phi) is 7.26. The normalized spacial score (nSPS) is 18.7. The summed E-state index contributed by atoms with van der Waals surface area (Å²) in [7, 11) is 0. The number of carbonyl (C=O) groups is 2. The van der Waals surface area contributed by atoms with E-state index in [-0.39, 0.29) is 11.9 Å². The summed E-state index contributed by atoms with van der Waals surface area (Å²) in [4.78, 5) is 34.1. The van der Waals surface area contributed by atoms with Gasteiger partial charge in [0.15, 0.2) is 0 Å². The van der Waals surface area contributed by atoms with Crippen LogP contribution in [0.1, 0.15) is 60.3 Å². The van der Waals surface area contributed by atoms with E-state index in [0.717, 1.165) is 54.9 Å². The highest BCUT2D eigenvalue weighted by molar-refractivity contribution is 5.98. The molecule has 2 aliphatic rings. The van der Waals surface area contributed by atoms with Gasteiger partial charge in [-0.2, -0.15) is 0 Å². The van der Waals surface area contributed by atoms with Gasteiger partial charge in [-0.1, -0.05) is 24.3 Å². The Bertz CT molecular complexity index is 1090. The number of hydrogen-bond acceptors (Lipinski definition) is 5. The third-order valence-corrected chi connectivity index (χ3v) is 6.62. The molecule has 0 radical (unpaired) electrons. The molecule has 1 saturated heterocycles. The largest absolute Gasteiger partial charge is 0.444 e. The van der Waals surface area contributed by atoms with Crippen LogP contribution in [0.15, 0.2) is 54.5 Å². The van der Waals surface area contributed by atoms with Crippen molar-refractivity contribution in [3.8, 4) is 0 Å². The number of nitrogens with one attached hydrogen (secondary N) is 1. The number of carbonyl (C=O) groups excluding carboxylic acids is 2. The Morgan fingerprint density at radius 1 is 1.14 bits per heavy atom. The van der Waals surface area contributed by atoms with Gasteiger partial charge in [-0.05, 0) is 69.4 Å². The van der Waals surface area contributed by atoms with Gasteiger partial charge in [0, 0.05) is 56.3 Å². The van der Waals surface area contributed by atoms with E-state index in [1.807, 2.05) is 69.9 Å². The van der Waals surface area contributed by atoms with Gasteiger partial charge in [0.1, 0.15) is 5.60 Å². The standard InChI is InChI=1S/C28H36N4O3/c1-19-8-6-9-20(2)25(19)26(33)32-17-22-15-31(16-23(22)18-32)13-11-24(21-10-7-12-29-14-21)30-27(34)35-28(3,4)5/h6-10,12,14,17,23-24H,11,13,15-16,18H2,1-5H3,(H,30,34)/t23?,24-/m0/s1. The summed E-state index contributed by atoms with van der Waals surface area (Å²) in [6.45, 7) is 12.9. The van der Waals surface area contributed by atoms with E-state index >= 15 is 0 Å². The zero-order chi connectivity index (χ0) is 25.2. The van der Waals surface area contributed by atoms with Crippen molar-refractivity contribution in [1.82, 2.24) is 20.1 Å². The zero-order valence-electron chi connectivity index (χ0n) is 21.4. The van der Waals surface area contributed by atoms with Gasteiger partial charge < -0.3 is 15.0 Å². The number of pyridine rings is 1. The highest BCUT2D eigenvalue weighted by Gasteiger charge is 2.36. The number of likely N-dealkylation sites (tertiary alicyclic amines) is 1. The molecule has 1 N–H and O–H groups in total. The molecule has 3 heterocycles. The SMILES string of the molecule is Cc1cccc(C)c1C(=O)N1C=C2CN(CC[C@H](NC(=O)OC(C)(C)C)c3cccnc3)CC2C1. The lowest BCUT2D eigenvalue weighted by molar-refractivity contribution is 0.0498. The maximum atomic E-state index is 13.2. The van der Waals surface area contributed by atoms with Gasteiger partial charge in [-0.15, -0.1) is 0 Å². The number of aromatic nitrogens is 1. The molecule has 1 aromatic carbocycles. The quantitative estimate of drug-likeness (QED) is 0.658. The van der Waals surface area contributed by atoms with Gasteiger partial charge in [-0.3, -0.25) is 14.7 Å². The van der Waals surface area contributed by atoms with Crippen LogP contribution in [0.25, 0.3) is 0 Å². The third kappa shape index (κ3) is 6.09. The zero-order valence-corrected chi connectivity index (χ0v) is 21.4. The number of hydrogen-bond donors (Lipinski definition) is 1. The average Bonchev–Trinajstić information content (AvgIpc) is 3.35. The van der Waals surface area contributed by atoms with Crippen molar-refractivity contribution in [3.05, 3.63) is 76.8 Å². The number of aryl methyl sites for hydroxylation is 2. The molecule has 0 aliphatic carbocycles. The van der Waals surface area contributed by atoms with Crippen molar-refractivity contribution >= 4 is 12.0 Å². The van der Waals surface area contributed by atoms with E-state index in [4.69, 9.17) is 4.74 Å². The van der Waals surface area contributed by atoms with Crippen molar-refractivity contribution in [2.45, 2.75) is 52.7 Å². The topological polar surface area (TPSA) is 74.8 Å². The van der Waals surface area contributed by atoms with Gasteiger partial charge in [0.25, 0.3) is 5.91 Å². The Labute approximate surface area is 208 Å². The number of ether oxygens (including phenoxy) is 1. The number of amides is 2. The summed E-state index contributed by atoms with van der Waals surface area (Å²) in [6.07, 6.45) is 5.90. The Morgan fingerprint density at radius 3 is 2.51 bits per heavy atom. The van der Waals surface area contributed by atoms with Crippen molar-refractivity contribution in [2.24, 2.45) is 5.92 Å². The molecule has 4 rings (SSSR count). The summed E-state index contributed by atoms with van der Waals surface area (Å²) in [6, 6.07) is 9.66. The predicted molar refractivity (Wildman–Crippen MR) is 136 cm³/mol. The molecule has 7 nitrogen and oxygen atoms in total. The second kappa shape index (κ2) is 10.2.